The van der Waals surface area contributed by atoms with Crippen LogP contribution in [0.4, 0.5) is 0 Å². The highest BCUT2D eigenvalue weighted by Crippen LogP contribution is 2.21. The summed E-state index contributed by atoms with van der Waals surface area (Å²) in [7, 11) is 2.08. The second kappa shape index (κ2) is 2.47. The number of aromatic nitrogens is 1. The molecule has 2 rings (SSSR count). The van der Waals surface area contributed by atoms with Crippen molar-refractivity contribution in [1.82, 2.24) is 9.88 Å². The van der Waals surface area contributed by atoms with Gasteiger partial charge in [0.25, 0.3) is 0 Å². The SMILES string of the molecule is CN1Cc2cc(Cl)cnc2C1. The topological polar surface area (TPSA) is 16.1 Å². The standard InChI is InChI=1S/C8H9ClN2/c1-11-4-6-2-7(9)3-10-8(6)5-11/h2-3H,4-5H2,1H3. The summed E-state index contributed by atoms with van der Waals surface area (Å²) in [5.41, 5.74) is 2.43. The summed E-state index contributed by atoms with van der Waals surface area (Å²) in [6, 6.07) is 1.99. The molecule has 2 nitrogen and oxygen atoms in total. The first kappa shape index (κ1) is 7.07. The number of hydrogen-bond acceptors (Lipinski definition) is 2. The van der Waals surface area contributed by atoms with E-state index in [0.717, 1.165) is 23.8 Å². The summed E-state index contributed by atoms with van der Waals surface area (Å²) in [5, 5.41) is 0.735. The summed E-state index contributed by atoms with van der Waals surface area (Å²) in [6.07, 6.45) is 1.71. The molecule has 3 heteroatoms. The van der Waals surface area contributed by atoms with E-state index in [1.54, 1.807) is 6.20 Å². The largest absolute Gasteiger partial charge is 0.296 e. The van der Waals surface area contributed by atoms with E-state index < -0.39 is 0 Å². The average molecular weight is 169 g/mol. The van der Waals surface area contributed by atoms with E-state index in [1.807, 2.05) is 6.07 Å². The van der Waals surface area contributed by atoms with Gasteiger partial charge in [-0.2, -0.15) is 0 Å². The van der Waals surface area contributed by atoms with Crippen LogP contribution in [0.5, 0.6) is 0 Å². The van der Waals surface area contributed by atoms with Crippen LogP contribution in [0.25, 0.3) is 0 Å². The molecule has 0 fully saturated rings. The van der Waals surface area contributed by atoms with Crippen LogP contribution >= 0.6 is 11.6 Å². The lowest BCUT2D eigenvalue weighted by Crippen LogP contribution is -2.07. The molecule has 1 aromatic rings. The van der Waals surface area contributed by atoms with Crippen molar-refractivity contribution < 1.29 is 0 Å². The van der Waals surface area contributed by atoms with Gasteiger partial charge in [0.2, 0.25) is 0 Å². The van der Waals surface area contributed by atoms with Crippen molar-refractivity contribution in [1.29, 1.82) is 0 Å². The third kappa shape index (κ3) is 1.24. The molecule has 0 bridgehead atoms. The van der Waals surface area contributed by atoms with Gasteiger partial charge in [0, 0.05) is 19.3 Å². The quantitative estimate of drug-likeness (QED) is 0.586. The minimum Gasteiger partial charge on any atom is -0.296 e. The van der Waals surface area contributed by atoms with Crippen molar-refractivity contribution in [2.24, 2.45) is 0 Å². The molecule has 11 heavy (non-hydrogen) atoms. The summed E-state index contributed by atoms with van der Waals surface area (Å²) >= 11 is 5.79. The first-order valence-electron chi connectivity index (χ1n) is 3.57. The molecule has 58 valence electrons. The Balaban J connectivity index is 2.43. The van der Waals surface area contributed by atoms with Gasteiger partial charge < -0.3 is 0 Å². The molecule has 0 saturated carbocycles. The average Bonchev–Trinajstić information content (AvgIpc) is 2.27. The molecular formula is C8H9ClN2. The third-order valence-electron chi connectivity index (χ3n) is 1.89. The summed E-state index contributed by atoms with van der Waals surface area (Å²) in [5.74, 6) is 0. The van der Waals surface area contributed by atoms with Crippen molar-refractivity contribution in [3.05, 3.63) is 28.5 Å². The minimum absolute atomic E-state index is 0.735. The Morgan fingerprint density at radius 3 is 3.18 bits per heavy atom. The highest BCUT2D eigenvalue weighted by Gasteiger charge is 2.16. The first-order chi connectivity index (χ1) is 5.25. The maximum atomic E-state index is 5.79. The monoisotopic (exact) mass is 168 g/mol. The zero-order valence-corrected chi connectivity index (χ0v) is 7.10. The predicted octanol–water partition coefficient (Wildman–Crippen LogP) is 1.68. The van der Waals surface area contributed by atoms with Crippen molar-refractivity contribution >= 4 is 11.6 Å². The Morgan fingerprint density at radius 2 is 2.36 bits per heavy atom. The molecule has 0 saturated heterocycles. The normalized spacial score (nSPS) is 16.9. The highest BCUT2D eigenvalue weighted by molar-refractivity contribution is 6.30. The number of rotatable bonds is 0. The van der Waals surface area contributed by atoms with Gasteiger partial charge in [0.1, 0.15) is 0 Å². The van der Waals surface area contributed by atoms with Gasteiger partial charge in [-0.1, -0.05) is 11.6 Å². The van der Waals surface area contributed by atoms with Gasteiger partial charge >= 0.3 is 0 Å². The van der Waals surface area contributed by atoms with Gasteiger partial charge in [0.05, 0.1) is 10.7 Å². The highest BCUT2D eigenvalue weighted by atomic mass is 35.5. The van der Waals surface area contributed by atoms with Crippen LogP contribution in [-0.4, -0.2) is 16.9 Å². The smallest absolute Gasteiger partial charge is 0.0592 e. The molecule has 1 aromatic heterocycles. The van der Waals surface area contributed by atoms with Gasteiger partial charge in [-0.15, -0.1) is 0 Å². The second-order valence-electron chi connectivity index (χ2n) is 2.93. The molecule has 2 heterocycles. The van der Waals surface area contributed by atoms with Gasteiger partial charge in [0.15, 0.2) is 0 Å². The molecule has 0 aromatic carbocycles. The van der Waals surface area contributed by atoms with E-state index >= 15 is 0 Å². The van der Waals surface area contributed by atoms with Crippen LogP contribution < -0.4 is 0 Å². The number of halogens is 1. The molecule has 0 radical (unpaired) electrons. The zero-order valence-electron chi connectivity index (χ0n) is 6.34. The Kier molecular flexibility index (Phi) is 1.59. The molecule has 0 spiro atoms. The van der Waals surface area contributed by atoms with Crippen LogP contribution in [0.1, 0.15) is 11.3 Å². The van der Waals surface area contributed by atoms with Gasteiger partial charge in [-0.05, 0) is 18.7 Å². The Hall–Kier alpha value is -0.600. The minimum atomic E-state index is 0.735. The summed E-state index contributed by atoms with van der Waals surface area (Å²) in [4.78, 5) is 6.45. The van der Waals surface area contributed by atoms with E-state index in [4.69, 9.17) is 11.6 Å². The van der Waals surface area contributed by atoms with Crippen LogP contribution in [0, 0.1) is 0 Å². The van der Waals surface area contributed by atoms with Crippen molar-refractivity contribution in [3.8, 4) is 0 Å². The van der Waals surface area contributed by atoms with Gasteiger partial charge in [-0.25, -0.2) is 0 Å². The van der Waals surface area contributed by atoms with Crippen LogP contribution in [-0.2, 0) is 13.1 Å². The molecule has 1 aliphatic rings. The fraction of sp³-hybridized carbons (Fsp3) is 0.375. The van der Waals surface area contributed by atoms with Crippen LogP contribution in [0.2, 0.25) is 5.02 Å². The lowest BCUT2D eigenvalue weighted by molar-refractivity contribution is 0.351. The molecule has 0 amide bonds. The van der Waals surface area contributed by atoms with Crippen molar-refractivity contribution in [3.63, 3.8) is 0 Å². The number of pyridine rings is 1. The first-order valence-corrected chi connectivity index (χ1v) is 3.95. The van der Waals surface area contributed by atoms with E-state index in [1.165, 1.54) is 5.56 Å². The van der Waals surface area contributed by atoms with E-state index in [2.05, 4.69) is 16.9 Å². The fourth-order valence-corrected chi connectivity index (χ4v) is 1.57. The Morgan fingerprint density at radius 1 is 1.55 bits per heavy atom. The van der Waals surface area contributed by atoms with Crippen molar-refractivity contribution in [2.75, 3.05) is 7.05 Å². The van der Waals surface area contributed by atoms with Crippen molar-refractivity contribution in [2.45, 2.75) is 13.1 Å². The summed E-state index contributed by atoms with van der Waals surface area (Å²) < 4.78 is 0. The van der Waals surface area contributed by atoms with Crippen LogP contribution in [0.15, 0.2) is 12.3 Å². The van der Waals surface area contributed by atoms with Gasteiger partial charge in [-0.3, -0.25) is 9.88 Å². The molecular weight excluding hydrogens is 160 g/mol. The predicted molar refractivity (Wildman–Crippen MR) is 44.4 cm³/mol. The molecule has 0 aliphatic carbocycles. The van der Waals surface area contributed by atoms with Crippen LogP contribution in [0.3, 0.4) is 0 Å². The molecule has 0 N–H and O–H groups in total. The van der Waals surface area contributed by atoms with E-state index in [9.17, 15) is 0 Å². The Labute approximate surface area is 70.8 Å². The fourth-order valence-electron chi connectivity index (χ4n) is 1.39. The number of nitrogens with zero attached hydrogens (tertiary/aromatic N) is 2. The molecule has 0 atom stereocenters. The number of fused-ring (bicyclic) bond motifs is 1. The summed E-state index contributed by atoms with van der Waals surface area (Å²) in [6.45, 7) is 1.93. The zero-order chi connectivity index (χ0) is 7.84. The Bertz CT molecular complexity index is 285. The maximum absolute atomic E-state index is 5.79. The lowest BCUT2D eigenvalue weighted by Gasteiger charge is -2.01. The maximum Gasteiger partial charge on any atom is 0.0592 e. The van der Waals surface area contributed by atoms with E-state index in [-0.39, 0.29) is 0 Å². The number of hydrogen-bond donors (Lipinski definition) is 0. The molecule has 1 aliphatic heterocycles. The third-order valence-corrected chi connectivity index (χ3v) is 2.09. The second-order valence-corrected chi connectivity index (χ2v) is 3.37. The lowest BCUT2D eigenvalue weighted by atomic mass is 10.2. The van der Waals surface area contributed by atoms with E-state index in [0.29, 0.717) is 0 Å². The molecule has 0 unspecified atom stereocenters.